The summed E-state index contributed by atoms with van der Waals surface area (Å²) in [7, 11) is 0. The second-order valence-corrected chi connectivity index (χ2v) is 5.37. The van der Waals surface area contributed by atoms with Gasteiger partial charge in [0.1, 0.15) is 0 Å². The molecule has 2 N–H and O–H groups in total. The normalized spacial score (nSPS) is 16.8. The zero-order valence-corrected chi connectivity index (χ0v) is 11.9. The van der Waals surface area contributed by atoms with E-state index in [2.05, 4.69) is 41.4 Å². The molecule has 3 heteroatoms. The molecule has 0 amide bonds. The fraction of sp³-hybridized carbons (Fsp3) is 0.625. The van der Waals surface area contributed by atoms with Gasteiger partial charge in [0, 0.05) is 24.8 Å². The van der Waals surface area contributed by atoms with E-state index in [4.69, 9.17) is 0 Å². The van der Waals surface area contributed by atoms with E-state index in [0.717, 1.165) is 26.1 Å². The van der Waals surface area contributed by atoms with Crippen molar-refractivity contribution < 1.29 is 5.11 Å². The van der Waals surface area contributed by atoms with E-state index in [1.165, 1.54) is 30.5 Å². The van der Waals surface area contributed by atoms with Gasteiger partial charge < -0.3 is 15.3 Å². The van der Waals surface area contributed by atoms with Crippen LogP contribution in [0.1, 0.15) is 31.7 Å². The lowest BCUT2D eigenvalue weighted by atomic mass is 10.1. The highest BCUT2D eigenvalue weighted by Gasteiger charge is 2.18. The Bertz CT molecular complexity index is 381. The van der Waals surface area contributed by atoms with Crippen molar-refractivity contribution in [1.82, 2.24) is 5.32 Å². The van der Waals surface area contributed by atoms with Crippen LogP contribution < -0.4 is 10.2 Å². The van der Waals surface area contributed by atoms with Gasteiger partial charge in [-0.2, -0.15) is 0 Å². The van der Waals surface area contributed by atoms with Crippen molar-refractivity contribution in [3.05, 3.63) is 29.8 Å². The number of rotatable bonds is 6. The third-order valence-electron chi connectivity index (χ3n) is 3.80. The largest absolute Gasteiger partial charge is 0.395 e. The Morgan fingerprint density at radius 2 is 2.16 bits per heavy atom. The average Bonchev–Trinajstić information content (AvgIpc) is 2.66. The summed E-state index contributed by atoms with van der Waals surface area (Å²) in [6.45, 7) is 5.33. The minimum absolute atomic E-state index is 0.172. The molecule has 106 valence electrons. The van der Waals surface area contributed by atoms with Gasteiger partial charge in [-0.05, 0) is 43.9 Å². The van der Waals surface area contributed by atoms with Crippen molar-refractivity contribution in [2.24, 2.45) is 0 Å². The third kappa shape index (κ3) is 3.95. The van der Waals surface area contributed by atoms with E-state index >= 15 is 0 Å². The summed E-state index contributed by atoms with van der Waals surface area (Å²) in [5.41, 5.74) is 2.81. The first-order valence-corrected chi connectivity index (χ1v) is 7.52. The molecule has 0 radical (unpaired) electrons. The predicted octanol–water partition coefficient (Wildman–Crippen LogP) is 2.19. The van der Waals surface area contributed by atoms with Crippen molar-refractivity contribution >= 4 is 5.69 Å². The second-order valence-electron chi connectivity index (χ2n) is 5.37. The molecule has 1 unspecified atom stereocenters. The van der Waals surface area contributed by atoms with E-state index in [1.807, 2.05) is 0 Å². The zero-order chi connectivity index (χ0) is 13.5. The average molecular weight is 262 g/mol. The van der Waals surface area contributed by atoms with E-state index in [1.54, 1.807) is 0 Å². The Balaban J connectivity index is 2.06. The molecule has 1 aliphatic heterocycles. The first-order valence-electron chi connectivity index (χ1n) is 7.52. The summed E-state index contributed by atoms with van der Waals surface area (Å²) in [4.78, 5) is 2.44. The SMILES string of the molecule is CCCNC(CO)CN1CCCCc2ccccc21. The number of nitrogens with one attached hydrogen (secondary N) is 1. The van der Waals surface area contributed by atoms with Crippen molar-refractivity contribution in [2.75, 3.05) is 31.1 Å². The molecule has 1 aliphatic rings. The van der Waals surface area contributed by atoms with Gasteiger partial charge in [0.2, 0.25) is 0 Å². The quantitative estimate of drug-likeness (QED) is 0.825. The first-order chi connectivity index (χ1) is 9.35. The first kappa shape index (κ1) is 14.4. The highest BCUT2D eigenvalue weighted by Crippen LogP contribution is 2.25. The molecule has 1 heterocycles. The van der Waals surface area contributed by atoms with Gasteiger partial charge in [-0.15, -0.1) is 0 Å². The number of aliphatic hydroxyl groups is 1. The second kappa shape index (κ2) is 7.51. The summed E-state index contributed by atoms with van der Waals surface area (Å²) in [6, 6.07) is 8.87. The van der Waals surface area contributed by atoms with Crippen LogP contribution in [0.25, 0.3) is 0 Å². The Hall–Kier alpha value is -1.06. The molecule has 0 bridgehead atoms. The van der Waals surface area contributed by atoms with Crippen molar-refractivity contribution in [1.29, 1.82) is 0 Å². The van der Waals surface area contributed by atoms with Gasteiger partial charge in [0.25, 0.3) is 0 Å². The lowest BCUT2D eigenvalue weighted by Gasteiger charge is -2.29. The van der Waals surface area contributed by atoms with Crippen LogP contribution in [-0.4, -0.2) is 37.4 Å². The highest BCUT2D eigenvalue weighted by molar-refractivity contribution is 5.54. The molecule has 0 spiro atoms. The van der Waals surface area contributed by atoms with Crippen LogP contribution in [0.4, 0.5) is 5.69 Å². The van der Waals surface area contributed by atoms with Crippen molar-refractivity contribution in [3.63, 3.8) is 0 Å². The van der Waals surface area contributed by atoms with E-state index in [-0.39, 0.29) is 12.6 Å². The maximum absolute atomic E-state index is 9.51. The molecule has 2 rings (SSSR count). The minimum Gasteiger partial charge on any atom is -0.395 e. The molecule has 3 nitrogen and oxygen atoms in total. The molecule has 0 saturated heterocycles. The van der Waals surface area contributed by atoms with Gasteiger partial charge in [0.05, 0.1) is 6.61 Å². The molecule has 19 heavy (non-hydrogen) atoms. The van der Waals surface area contributed by atoms with E-state index in [9.17, 15) is 5.11 Å². The van der Waals surface area contributed by atoms with Crippen molar-refractivity contribution in [2.45, 2.75) is 38.6 Å². The molecular formula is C16H26N2O. The molecule has 1 atom stereocenters. The summed E-state index contributed by atoms with van der Waals surface area (Å²) in [5.74, 6) is 0. The molecule has 1 aromatic carbocycles. The Morgan fingerprint density at radius 3 is 2.95 bits per heavy atom. The molecule has 0 aliphatic carbocycles. The lowest BCUT2D eigenvalue weighted by molar-refractivity contribution is 0.244. The lowest BCUT2D eigenvalue weighted by Crippen LogP contribution is -2.44. The Kier molecular flexibility index (Phi) is 5.67. The summed E-state index contributed by atoms with van der Waals surface area (Å²) in [5, 5.41) is 12.9. The standard InChI is InChI=1S/C16H26N2O/c1-2-10-17-15(13-19)12-18-11-6-5-8-14-7-3-4-9-16(14)18/h3-4,7,9,15,17,19H,2,5-6,8,10-13H2,1H3. The fourth-order valence-electron chi connectivity index (χ4n) is 2.76. The topological polar surface area (TPSA) is 35.5 Å². The number of para-hydroxylation sites is 1. The van der Waals surface area contributed by atoms with Gasteiger partial charge >= 0.3 is 0 Å². The van der Waals surface area contributed by atoms with Crippen LogP contribution in [0.5, 0.6) is 0 Å². The van der Waals surface area contributed by atoms with E-state index in [0.29, 0.717) is 0 Å². The minimum atomic E-state index is 0.172. The van der Waals surface area contributed by atoms with Gasteiger partial charge in [0.15, 0.2) is 0 Å². The van der Waals surface area contributed by atoms with Crippen LogP contribution in [0.3, 0.4) is 0 Å². The number of aliphatic hydroxyl groups excluding tert-OH is 1. The summed E-state index contributed by atoms with van der Waals surface area (Å²) in [6.07, 6.45) is 4.78. The zero-order valence-electron chi connectivity index (χ0n) is 11.9. The van der Waals surface area contributed by atoms with Crippen LogP contribution in [0.2, 0.25) is 0 Å². The molecular weight excluding hydrogens is 236 g/mol. The third-order valence-corrected chi connectivity index (χ3v) is 3.80. The monoisotopic (exact) mass is 262 g/mol. The van der Waals surface area contributed by atoms with E-state index < -0.39 is 0 Å². The van der Waals surface area contributed by atoms with Gasteiger partial charge in [-0.1, -0.05) is 25.1 Å². The smallest absolute Gasteiger partial charge is 0.0601 e. The van der Waals surface area contributed by atoms with Crippen LogP contribution in [0.15, 0.2) is 24.3 Å². The highest BCUT2D eigenvalue weighted by atomic mass is 16.3. The molecule has 0 aromatic heterocycles. The number of benzene rings is 1. The van der Waals surface area contributed by atoms with Gasteiger partial charge in [-0.3, -0.25) is 0 Å². The number of hydrogen-bond acceptors (Lipinski definition) is 3. The number of aryl methyl sites for hydroxylation is 1. The molecule has 0 saturated carbocycles. The predicted molar refractivity (Wildman–Crippen MR) is 80.8 cm³/mol. The summed E-state index contributed by atoms with van der Waals surface area (Å²) >= 11 is 0. The van der Waals surface area contributed by atoms with Crippen molar-refractivity contribution in [3.8, 4) is 0 Å². The Morgan fingerprint density at radius 1 is 1.32 bits per heavy atom. The number of anilines is 1. The Labute approximate surface area is 116 Å². The molecule has 0 fully saturated rings. The summed E-state index contributed by atoms with van der Waals surface area (Å²) < 4.78 is 0. The molecule has 1 aromatic rings. The number of nitrogens with zero attached hydrogens (tertiary/aromatic N) is 1. The fourth-order valence-corrected chi connectivity index (χ4v) is 2.76. The van der Waals surface area contributed by atoms with Crippen LogP contribution in [-0.2, 0) is 6.42 Å². The van der Waals surface area contributed by atoms with Crippen LogP contribution in [0, 0.1) is 0 Å². The maximum Gasteiger partial charge on any atom is 0.0601 e. The number of hydrogen-bond donors (Lipinski definition) is 2. The van der Waals surface area contributed by atoms with Crippen LogP contribution >= 0.6 is 0 Å². The number of fused-ring (bicyclic) bond motifs is 1. The maximum atomic E-state index is 9.51. The van der Waals surface area contributed by atoms with Gasteiger partial charge in [-0.25, -0.2) is 0 Å².